The fourth-order valence-corrected chi connectivity index (χ4v) is 4.90. The molecule has 7 nitrogen and oxygen atoms in total. The Morgan fingerprint density at radius 1 is 1.32 bits per heavy atom. The fourth-order valence-electron chi connectivity index (χ4n) is 4.06. The molecule has 1 aromatic rings. The second kappa shape index (κ2) is 7.61. The van der Waals surface area contributed by atoms with Gasteiger partial charge in [0.25, 0.3) is 0 Å². The van der Waals surface area contributed by atoms with E-state index in [0.717, 1.165) is 16.6 Å². The van der Waals surface area contributed by atoms with Crippen LogP contribution in [0.15, 0.2) is 24.3 Å². The lowest BCUT2D eigenvalue weighted by molar-refractivity contribution is -0.175. The van der Waals surface area contributed by atoms with Gasteiger partial charge in [-0.05, 0) is 44.4 Å². The van der Waals surface area contributed by atoms with Crippen LogP contribution >= 0.6 is 0 Å². The lowest BCUT2D eigenvalue weighted by Crippen LogP contribution is -2.55. The summed E-state index contributed by atoms with van der Waals surface area (Å²) in [4.78, 5) is 14.4. The molecule has 3 rings (SSSR count). The van der Waals surface area contributed by atoms with Crippen molar-refractivity contribution in [1.29, 1.82) is 0 Å². The Morgan fingerprint density at radius 2 is 2.00 bits per heavy atom. The van der Waals surface area contributed by atoms with Crippen LogP contribution in [0.1, 0.15) is 32.6 Å². The summed E-state index contributed by atoms with van der Waals surface area (Å²) in [5.41, 5.74) is -1.08. The molecule has 0 bridgehead atoms. The highest BCUT2D eigenvalue weighted by Crippen LogP contribution is 2.39. The van der Waals surface area contributed by atoms with Crippen molar-refractivity contribution in [3.63, 3.8) is 0 Å². The standard InChI is InChI=1S/C19H27FN2O5S/c1-18(24)8-11-27-19(14-18)6-9-21(10-7-19)17(23)13-22(28(2,25)26)16-5-3-4-15(20)12-16/h3-5,12,24H,6-11,13-14H2,1-2H3. The molecular weight excluding hydrogens is 387 g/mol. The van der Waals surface area contributed by atoms with E-state index in [1.807, 2.05) is 0 Å². The van der Waals surface area contributed by atoms with Gasteiger partial charge in [-0.2, -0.15) is 0 Å². The Labute approximate surface area is 165 Å². The van der Waals surface area contributed by atoms with Gasteiger partial charge < -0.3 is 14.7 Å². The van der Waals surface area contributed by atoms with Gasteiger partial charge in [-0.25, -0.2) is 12.8 Å². The summed E-state index contributed by atoms with van der Waals surface area (Å²) in [6.45, 7) is 2.76. The van der Waals surface area contributed by atoms with E-state index in [1.165, 1.54) is 18.2 Å². The first-order chi connectivity index (χ1) is 13.0. The number of carbonyl (C=O) groups is 1. The molecular formula is C19H27FN2O5S. The van der Waals surface area contributed by atoms with Crippen molar-refractivity contribution in [3.05, 3.63) is 30.1 Å². The average Bonchev–Trinajstić information content (AvgIpc) is 2.58. The van der Waals surface area contributed by atoms with Gasteiger partial charge in [0.15, 0.2) is 0 Å². The molecule has 9 heteroatoms. The summed E-state index contributed by atoms with van der Waals surface area (Å²) in [5.74, 6) is -0.910. The zero-order chi connectivity index (χ0) is 20.6. The number of benzene rings is 1. The Kier molecular flexibility index (Phi) is 5.71. The van der Waals surface area contributed by atoms with Crippen molar-refractivity contribution < 1.29 is 27.4 Å². The van der Waals surface area contributed by atoms with E-state index in [-0.39, 0.29) is 18.1 Å². The second-order valence-corrected chi connectivity index (χ2v) is 9.99. The van der Waals surface area contributed by atoms with E-state index in [0.29, 0.717) is 45.4 Å². The fraction of sp³-hybridized carbons (Fsp3) is 0.632. The van der Waals surface area contributed by atoms with Crippen LogP contribution in [-0.2, 0) is 19.6 Å². The number of carbonyl (C=O) groups excluding carboxylic acids is 1. The highest BCUT2D eigenvalue weighted by Gasteiger charge is 2.45. The minimum Gasteiger partial charge on any atom is -0.390 e. The molecule has 0 aromatic heterocycles. The molecule has 28 heavy (non-hydrogen) atoms. The Balaban J connectivity index is 1.67. The van der Waals surface area contributed by atoms with Crippen LogP contribution in [0, 0.1) is 5.82 Å². The molecule has 2 aliphatic rings. The van der Waals surface area contributed by atoms with Gasteiger partial charge in [-0.1, -0.05) is 6.07 Å². The van der Waals surface area contributed by atoms with Crippen LogP contribution in [0.5, 0.6) is 0 Å². The van der Waals surface area contributed by atoms with E-state index < -0.39 is 27.0 Å². The lowest BCUT2D eigenvalue weighted by atomic mass is 9.78. The van der Waals surface area contributed by atoms with Crippen LogP contribution < -0.4 is 4.31 Å². The van der Waals surface area contributed by atoms with Crippen LogP contribution in [-0.4, -0.2) is 68.0 Å². The molecule has 156 valence electrons. The van der Waals surface area contributed by atoms with Gasteiger partial charge in [0.2, 0.25) is 15.9 Å². The Morgan fingerprint density at radius 3 is 2.57 bits per heavy atom. The normalized spacial score (nSPS) is 24.9. The zero-order valence-electron chi connectivity index (χ0n) is 16.2. The van der Waals surface area contributed by atoms with Gasteiger partial charge >= 0.3 is 0 Å². The number of hydrogen-bond donors (Lipinski definition) is 1. The minimum atomic E-state index is -3.75. The highest BCUT2D eigenvalue weighted by atomic mass is 32.2. The number of amides is 1. The Hall–Kier alpha value is -1.71. The molecule has 0 radical (unpaired) electrons. The maximum atomic E-state index is 13.5. The van der Waals surface area contributed by atoms with Crippen molar-refractivity contribution in [2.45, 2.75) is 43.8 Å². The van der Waals surface area contributed by atoms with Gasteiger partial charge in [-0.3, -0.25) is 9.10 Å². The van der Waals surface area contributed by atoms with E-state index in [9.17, 15) is 22.7 Å². The quantitative estimate of drug-likeness (QED) is 0.807. The Bertz CT molecular complexity index is 834. The van der Waals surface area contributed by atoms with Crippen molar-refractivity contribution in [2.75, 3.05) is 36.8 Å². The van der Waals surface area contributed by atoms with E-state index in [4.69, 9.17) is 4.74 Å². The number of hydrogen-bond acceptors (Lipinski definition) is 5. The first-order valence-corrected chi connectivity index (χ1v) is 11.2. The molecule has 1 spiro atoms. The molecule has 2 fully saturated rings. The summed E-state index contributed by atoms with van der Waals surface area (Å²) in [5, 5.41) is 10.4. The van der Waals surface area contributed by atoms with E-state index in [2.05, 4.69) is 0 Å². The second-order valence-electron chi connectivity index (χ2n) is 8.09. The van der Waals surface area contributed by atoms with Crippen LogP contribution in [0.3, 0.4) is 0 Å². The highest BCUT2D eigenvalue weighted by molar-refractivity contribution is 7.92. The first kappa shape index (κ1) is 21.0. The van der Waals surface area contributed by atoms with Gasteiger partial charge in [0.1, 0.15) is 12.4 Å². The zero-order valence-corrected chi connectivity index (χ0v) is 17.0. The molecule has 0 aliphatic carbocycles. The number of sulfonamides is 1. The number of ether oxygens (including phenoxy) is 1. The first-order valence-electron chi connectivity index (χ1n) is 9.37. The molecule has 0 saturated carbocycles. The minimum absolute atomic E-state index is 0.121. The number of halogens is 1. The number of likely N-dealkylation sites (tertiary alicyclic amines) is 1. The summed E-state index contributed by atoms with van der Waals surface area (Å²) in [6, 6.07) is 5.18. The largest absolute Gasteiger partial charge is 0.390 e. The lowest BCUT2D eigenvalue weighted by Gasteiger charge is -2.48. The van der Waals surface area contributed by atoms with Crippen molar-refractivity contribution in [2.24, 2.45) is 0 Å². The smallest absolute Gasteiger partial charge is 0.243 e. The SMILES string of the molecule is CC1(O)CCOC2(CCN(C(=O)CN(c3cccc(F)c3)S(C)(=O)=O)CC2)C1. The van der Waals surface area contributed by atoms with Crippen molar-refractivity contribution in [1.82, 2.24) is 4.90 Å². The predicted molar refractivity (Wildman–Crippen MR) is 103 cm³/mol. The maximum Gasteiger partial charge on any atom is 0.243 e. The number of rotatable bonds is 4. The van der Waals surface area contributed by atoms with Crippen LogP contribution in [0.4, 0.5) is 10.1 Å². The monoisotopic (exact) mass is 414 g/mol. The molecule has 1 atom stereocenters. The van der Waals surface area contributed by atoms with Gasteiger partial charge in [0.05, 0.1) is 29.8 Å². The summed E-state index contributed by atoms with van der Waals surface area (Å²) in [7, 11) is -3.75. The molecule has 2 heterocycles. The summed E-state index contributed by atoms with van der Waals surface area (Å²) in [6.07, 6.45) is 3.30. The summed E-state index contributed by atoms with van der Waals surface area (Å²) < 4.78 is 44.7. The van der Waals surface area contributed by atoms with Crippen molar-refractivity contribution in [3.8, 4) is 0 Å². The molecule has 2 aliphatic heterocycles. The van der Waals surface area contributed by atoms with Crippen molar-refractivity contribution >= 4 is 21.6 Å². The summed E-state index contributed by atoms with van der Waals surface area (Å²) >= 11 is 0. The molecule has 1 amide bonds. The number of nitrogens with zero attached hydrogens (tertiary/aromatic N) is 2. The topological polar surface area (TPSA) is 87.2 Å². The maximum absolute atomic E-state index is 13.5. The third-order valence-electron chi connectivity index (χ3n) is 5.55. The van der Waals surface area contributed by atoms with Gasteiger partial charge in [-0.15, -0.1) is 0 Å². The number of aliphatic hydroxyl groups is 1. The third kappa shape index (κ3) is 4.82. The third-order valence-corrected chi connectivity index (χ3v) is 6.70. The molecule has 1 unspecified atom stereocenters. The molecule has 2 saturated heterocycles. The molecule has 1 aromatic carbocycles. The molecule has 1 N–H and O–H groups in total. The van der Waals surface area contributed by atoms with Gasteiger partial charge in [0, 0.05) is 19.5 Å². The van der Waals surface area contributed by atoms with E-state index >= 15 is 0 Å². The average molecular weight is 414 g/mol. The van der Waals surface area contributed by atoms with Crippen LogP contribution in [0.25, 0.3) is 0 Å². The predicted octanol–water partition coefficient (Wildman–Crippen LogP) is 1.51. The number of piperidine rings is 1. The van der Waals surface area contributed by atoms with E-state index in [1.54, 1.807) is 11.8 Å². The number of anilines is 1. The van der Waals surface area contributed by atoms with Crippen LogP contribution in [0.2, 0.25) is 0 Å².